The molecule has 0 aromatic heterocycles. The van der Waals surface area contributed by atoms with E-state index in [1.165, 1.54) is 11.9 Å². The number of carbonyl (C=O) groups excluding carboxylic acids is 1. The fraction of sp³-hybridized carbons (Fsp3) is 0.600. The molecule has 1 saturated carbocycles. The van der Waals surface area contributed by atoms with E-state index >= 15 is 0 Å². The predicted octanol–water partition coefficient (Wildman–Crippen LogP) is 3.78. The Labute approximate surface area is 211 Å². The molecular formula is C25H36ClFN4O4. The van der Waals surface area contributed by atoms with Crippen LogP contribution in [0.4, 0.5) is 4.39 Å². The Balaban J connectivity index is 1.90. The molecule has 0 saturated heterocycles. The van der Waals surface area contributed by atoms with Gasteiger partial charge in [-0.15, -0.1) is 0 Å². The molecule has 1 aromatic carbocycles. The van der Waals surface area contributed by atoms with Crippen LogP contribution >= 0.6 is 11.6 Å². The highest BCUT2D eigenvalue weighted by molar-refractivity contribution is 6.31. The highest BCUT2D eigenvalue weighted by Gasteiger charge is 2.51. The zero-order chi connectivity index (χ0) is 26.1. The third-order valence-electron chi connectivity index (χ3n) is 7.51. The summed E-state index contributed by atoms with van der Waals surface area (Å²) in [5.74, 6) is 4.71. The summed E-state index contributed by atoms with van der Waals surface area (Å²) in [6, 6.07) is 3.07. The first-order chi connectivity index (χ1) is 16.4. The fourth-order valence-electron chi connectivity index (χ4n) is 5.42. The number of aliphatic carboxylic acids is 1. The average molecular weight is 511 g/mol. The molecule has 35 heavy (non-hydrogen) atoms. The normalized spacial score (nSPS) is 25.5. The maximum atomic E-state index is 14.2. The number of amides is 1. The molecule has 1 aliphatic heterocycles. The number of hydrogen-bond donors (Lipinski definition) is 3. The first-order valence-corrected chi connectivity index (χ1v) is 12.4. The zero-order valence-electron chi connectivity index (χ0n) is 20.8. The van der Waals surface area contributed by atoms with E-state index in [1.807, 2.05) is 6.92 Å². The van der Waals surface area contributed by atoms with Crippen LogP contribution in [0.5, 0.6) is 5.75 Å². The van der Waals surface area contributed by atoms with Crippen LogP contribution in [0.25, 0.3) is 0 Å². The molecule has 3 unspecified atom stereocenters. The third-order valence-corrected chi connectivity index (χ3v) is 7.87. The number of carboxylic acid groups (broad SMARTS) is 1. The molecule has 0 radical (unpaired) electrons. The van der Waals surface area contributed by atoms with Gasteiger partial charge in [-0.1, -0.05) is 18.0 Å². The van der Waals surface area contributed by atoms with Crippen molar-refractivity contribution >= 4 is 23.5 Å². The molecule has 1 heterocycles. The second kappa shape index (κ2) is 10.6. The molecule has 0 spiro atoms. The van der Waals surface area contributed by atoms with Crippen LogP contribution < -0.4 is 16.3 Å². The lowest BCUT2D eigenvalue weighted by Crippen LogP contribution is -2.47. The number of alkyl halides is 1. The van der Waals surface area contributed by atoms with E-state index in [0.717, 1.165) is 11.1 Å². The second-order valence-electron chi connectivity index (χ2n) is 9.66. The average Bonchev–Trinajstić information content (AvgIpc) is 3.21. The first kappa shape index (κ1) is 27.1. The third kappa shape index (κ3) is 5.07. The fourth-order valence-corrected chi connectivity index (χ4v) is 5.68. The van der Waals surface area contributed by atoms with Crippen molar-refractivity contribution in [3.63, 3.8) is 0 Å². The van der Waals surface area contributed by atoms with Gasteiger partial charge in [-0.2, -0.15) is 0 Å². The monoisotopic (exact) mass is 510 g/mol. The van der Waals surface area contributed by atoms with Gasteiger partial charge in [-0.3, -0.25) is 9.59 Å². The summed E-state index contributed by atoms with van der Waals surface area (Å²) in [4.78, 5) is 27.3. The summed E-state index contributed by atoms with van der Waals surface area (Å²) in [7, 11) is 0. The molecule has 1 fully saturated rings. The number of carbonyl (C=O) groups is 2. The summed E-state index contributed by atoms with van der Waals surface area (Å²) < 4.78 is 20.2. The second-order valence-corrected chi connectivity index (χ2v) is 10.1. The Bertz CT molecular complexity index is 1020. The molecule has 194 valence electrons. The maximum absolute atomic E-state index is 14.2. The number of nitrogens with zero attached hydrogens (tertiary/aromatic N) is 2. The Morgan fingerprint density at radius 3 is 2.71 bits per heavy atom. The van der Waals surface area contributed by atoms with Crippen molar-refractivity contribution in [1.82, 2.24) is 9.91 Å². The lowest BCUT2D eigenvalue weighted by atomic mass is 9.78. The molecule has 8 nitrogen and oxygen atoms in total. The van der Waals surface area contributed by atoms with Crippen LogP contribution in [-0.4, -0.2) is 52.8 Å². The van der Waals surface area contributed by atoms with Crippen LogP contribution in [0.1, 0.15) is 64.1 Å². The van der Waals surface area contributed by atoms with Gasteiger partial charge in [-0.05, 0) is 64.7 Å². The lowest BCUT2D eigenvalue weighted by molar-refractivity contribution is -0.157. The van der Waals surface area contributed by atoms with E-state index in [1.54, 1.807) is 30.9 Å². The van der Waals surface area contributed by atoms with Crippen molar-refractivity contribution in [2.75, 3.05) is 19.7 Å². The Hall–Kier alpha value is -2.52. The summed E-state index contributed by atoms with van der Waals surface area (Å²) >= 11 is 6.49. The van der Waals surface area contributed by atoms with Crippen LogP contribution in [-0.2, 0) is 16.0 Å². The zero-order valence-corrected chi connectivity index (χ0v) is 21.6. The van der Waals surface area contributed by atoms with E-state index in [-0.39, 0.29) is 29.9 Å². The van der Waals surface area contributed by atoms with Crippen molar-refractivity contribution < 1.29 is 23.8 Å². The van der Waals surface area contributed by atoms with Crippen LogP contribution in [0.3, 0.4) is 0 Å². The molecule has 1 aromatic rings. The highest BCUT2D eigenvalue weighted by atomic mass is 35.5. The highest BCUT2D eigenvalue weighted by Crippen LogP contribution is 2.47. The van der Waals surface area contributed by atoms with Gasteiger partial charge in [0, 0.05) is 23.7 Å². The number of halogens is 2. The number of benzene rings is 1. The minimum absolute atomic E-state index is 0.0915. The molecule has 3 rings (SSSR count). The van der Waals surface area contributed by atoms with E-state index < -0.39 is 23.5 Å². The topological polar surface area (TPSA) is 122 Å². The van der Waals surface area contributed by atoms with Gasteiger partial charge in [0.05, 0.1) is 28.8 Å². The van der Waals surface area contributed by atoms with Crippen molar-refractivity contribution in [2.45, 2.75) is 65.6 Å². The molecule has 1 aliphatic carbocycles. The number of allylic oxidation sites excluding steroid dienone is 1. The molecule has 2 aliphatic rings. The minimum atomic E-state index is -1.37. The molecule has 5 N–H and O–H groups in total. The number of ether oxygens (including phenoxy) is 1. The van der Waals surface area contributed by atoms with Gasteiger partial charge in [-0.25, -0.2) is 10.2 Å². The van der Waals surface area contributed by atoms with Gasteiger partial charge in [0.2, 0.25) is 5.91 Å². The lowest BCUT2D eigenvalue weighted by Gasteiger charge is -2.40. The van der Waals surface area contributed by atoms with Crippen LogP contribution in [0.15, 0.2) is 23.5 Å². The van der Waals surface area contributed by atoms with E-state index in [2.05, 4.69) is 0 Å². The standard InChI is InChI=1S/C25H36ClFN4O4/c1-5-31(29)22(14(2)27)19(28)13-35-20-9-8-18(26)16-10-12-30(15(3)21(16)20)23(32)17-7-6-11-25(17,4)24(33)34/h8-9,14-15,17H,5-7,10-13,28-29H2,1-4H3,(H,33,34)/b22-19-/t14?,15?,17?,25-/m0/s1. The largest absolute Gasteiger partial charge is 0.487 e. The maximum Gasteiger partial charge on any atom is 0.310 e. The summed E-state index contributed by atoms with van der Waals surface area (Å²) in [6.45, 7) is 7.43. The Morgan fingerprint density at radius 1 is 1.43 bits per heavy atom. The van der Waals surface area contributed by atoms with Gasteiger partial charge < -0.3 is 25.5 Å². The van der Waals surface area contributed by atoms with Gasteiger partial charge in [0.15, 0.2) is 0 Å². The number of rotatable bonds is 8. The van der Waals surface area contributed by atoms with Gasteiger partial charge >= 0.3 is 5.97 Å². The molecule has 1 amide bonds. The van der Waals surface area contributed by atoms with E-state index in [4.69, 9.17) is 27.9 Å². The number of hydrazine groups is 1. The SMILES string of the molecule is CCN(N)/C(=C(\N)COc1ccc(Cl)c2c1C(C)N(C(=O)C1CCC[C@]1(C)C(=O)O)CC2)C(C)F. The summed E-state index contributed by atoms with van der Waals surface area (Å²) in [5.41, 5.74) is 7.05. The smallest absolute Gasteiger partial charge is 0.310 e. The minimum Gasteiger partial charge on any atom is -0.487 e. The summed E-state index contributed by atoms with van der Waals surface area (Å²) in [6.07, 6.45) is 0.881. The number of nitrogens with two attached hydrogens (primary N) is 2. The van der Waals surface area contributed by atoms with Crippen molar-refractivity contribution in [3.05, 3.63) is 39.7 Å². The van der Waals surface area contributed by atoms with Gasteiger partial charge in [0.1, 0.15) is 18.5 Å². The van der Waals surface area contributed by atoms with Crippen molar-refractivity contribution in [3.8, 4) is 5.75 Å². The van der Waals surface area contributed by atoms with Crippen molar-refractivity contribution in [1.29, 1.82) is 0 Å². The molecular weight excluding hydrogens is 475 g/mol. The quantitative estimate of drug-likeness (QED) is 0.359. The van der Waals surface area contributed by atoms with E-state index in [9.17, 15) is 19.1 Å². The molecule has 4 atom stereocenters. The number of carboxylic acids is 1. The van der Waals surface area contributed by atoms with Crippen LogP contribution in [0, 0.1) is 11.3 Å². The van der Waals surface area contributed by atoms with E-state index in [0.29, 0.717) is 49.5 Å². The summed E-state index contributed by atoms with van der Waals surface area (Å²) in [5, 5.41) is 11.6. The predicted molar refractivity (Wildman–Crippen MR) is 132 cm³/mol. The number of fused-ring (bicyclic) bond motifs is 1. The van der Waals surface area contributed by atoms with Crippen LogP contribution in [0.2, 0.25) is 5.02 Å². The van der Waals surface area contributed by atoms with Crippen molar-refractivity contribution in [2.24, 2.45) is 22.9 Å². The molecule has 0 bridgehead atoms. The number of hydrogen-bond acceptors (Lipinski definition) is 6. The molecule has 10 heteroatoms. The first-order valence-electron chi connectivity index (χ1n) is 12.1. The Kier molecular flexibility index (Phi) is 8.21. The van der Waals surface area contributed by atoms with Gasteiger partial charge in [0.25, 0.3) is 0 Å². The Morgan fingerprint density at radius 2 is 2.11 bits per heavy atom.